The first kappa shape index (κ1) is 4.41. The Bertz CT molecular complexity index is 40.1. The third-order valence-electron chi connectivity index (χ3n) is 1.26. The molecule has 1 rings (SSSR count). The highest BCUT2D eigenvalue weighted by Gasteiger charge is 2.14. The average molecular weight is 106 g/mol. The van der Waals surface area contributed by atoms with Gasteiger partial charge in [-0.15, -0.1) is 0 Å². The number of rotatable bonds is 1. The standard InChI is InChI=1S/C4H8ClN/c5-6-4-2-1-3-4/h4,6H,1-3H2. The Labute approximate surface area is 42.8 Å². The van der Waals surface area contributed by atoms with E-state index < -0.39 is 0 Å². The lowest BCUT2D eigenvalue weighted by atomic mass is 9.94. The molecule has 1 fully saturated rings. The van der Waals surface area contributed by atoms with Crippen molar-refractivity contribution in [2.45, 2.75) is 25.3 Å². The fraction of sp³-hybridized carbons (Fsp3) is 1.00. The largest absolute Gasteiger partial charge is 0.230 e. The van der Waals surface area contributed by atoms with Crippen molar-refractivity contribution in [2.75, 3.05) is 0 Å². The summed E-state index contributed by atoms with van der Waals surface area (Å²) in [5.41, 5.74) is 0. The van der Waals surface area contributed by atoms with Crippen LogP contribution in [0.4, 0.5) is 0 Å². The van der Waals surface area contributed by atoms with Crippen LogP contribution in [0.2, 0.25) is 0 Å². The summed E-state index contributed by atoms with van der Waals surface area (Å²) >= 11 is 5.25. The molecule has 1 N–H and O–H groups in total. The van der Waals surface area contributed by atoms with E-state index in [0.29, 0.717) is 6.04 Å². The summed E-state index contributed by atoms with van der Waals surface area (Å²) < 4.78 is 0. The maximum Gasteiger partial charge on any atom is 0.0220 e. The smallest absolute Gasteiger partial charge is 0.0220 e. The van der Waals surface area contributed by atoms with E-state index in [9.17, 15) is 0 Å². The molecule has 0 atom stereocenters. The second kappa shape index (κ2) is 1.80. The van der Waals surface area contributed by atoms with E-state index in [1.807, 2.05) is 0 Å². The van der Waals surface area contributed by atoms with Crippen molar-refractivity contribution < 1.29 is 0 Å². The van der Waals surface area contributed by atoms with Crippen molar-refractivity contribution in [3.8, 4) is 0 Å². The molecule has 0 bridgehead atoms. The molecule has 0 amide bonds. The fourth-order valence-corrected chi connectivity index (χ4v) is 0.736. The summed E-state index contributed by atoms with van der Waals surface area (Å²) in [4.78, 5) is 2.67. The van der Waals surface area contributed by atoms with E-state index >= 15 is 0 Å². The zero-order valence-electron chi connectivity index (χ0n) is 3.58. The first-order valence-electron chi connectivity index (χ1n) is 2.29. The summed E-state index contributed by atoms with van der Waals surface area (Å²) in [6, 6.07) is 0.631. The number of nitrogens with one attached hydrogen (secondary N) is 1. The van der Waals surface area contributed by atoms with Crippen molar-refractivity contribution in [1.82, 2.24) is 4.84 Å². The molecule has 0 aromatic carbocycles. The van der Waals surface area contributed by atoms with Gasteiger partial charge >= 0.3 is 0 Å². The lowest BCUT2D eigenvalue weighted by Gasteiger charge is -2.22. The summed E-state index contributed by atoms with van der Waals surface area (Å²) in [7, 11) is 0. The van der Waals surface area contributed by atoms with Gasteiger partial charge in [0.25, 0.3) is 0 Å². The van der Waals surface area contributed by atoms with Crippen LogP contribution >= 0.6 is 11.8 Å². The SMILES string of the molecule is ClNC1CCC1. The quantitative estimate of drug-likeness (QED) is 0.496. The average Bonchev–Trinajstić information content (AvgIpc) is 1.31. The molecule has 6 heavy (non-hydrogen) atoms. The summed E-state index contributed by atoms with van der Waals surface area (Å²) in [6.07, 6.45) is 3.89. The van der Waals surface area contributed by atoms with Crippen LogP contribution in [-0.4, -0.2) is 6.04 Å². The Morgan fingerprint density at radius 2 is 2.17 bits per heavy atom. The summed E-state index contributed by atoms with van der Waals surface area (Å²) in [5, 5.41) is 0. The minimum atomic E-state index is 0.631. The van der Waals surface area contributed by atoms with Gasteiger partial charge in [-0.3, -0.25) is 0 Å². The Morgan fingerprint density at radius 3 is 2.17 bits per heavy atom. The number of hydrogen-bond acceptors (Lipinski definition) is 1. The topological polar surface area (TPSA) is 12.0 Å². The normalized spacial score (nSPS) is 23.5. The monoisotopic (exact) mass is 105 g/mol. The molecular formula is C4H8ClN. The van der Waals surface area contributed by atoms with Gasteiger partial charge < -0.3 is 0 Å². The Balaban J connectivity index is 2.01. The Hall–Kier alpha value is 0.250. The lowest BCUT2D eigenvalue weighted by molar-refractivity contribution is 0.392. The predicted molar refractivity (Wildman–Crippen MR) is 26.6 cm³/mol. The minimum Gasteiger partial charge on any atom is -0.230 e. The van der Waals surface area contributed by atoms with Crippen LogP contribution in [0, 0.1) is 0 Å². The van der Waals surface area contributed by atoms with Crippen molar-refractivity contribution in [2.24, 2.45) is 0 Å². The van der Waals surface area contributed by atoms with Crippen LogP contribution in [0.1, 0.15) is 19.3 Å². The first-order valence-corrected chi connectivity index (χ1v) is 2.67. The van der Waals surface area contributed by atoms with E-state index in [1.54, 1.807) is 0 Å². The highest BCUT2D eigenvalue weighted by molar-refractivity contribution is 6.13. The van der Waals surface area contributed by atoms with Gasteiger partial charge in [-0.2, -0.15) is 0 Å². The zero-order chi connectivity index (χ0) is 4.41. The van der Waals surface area contributed by atoms with Crippen LogP contribution in [0.25, 0.3) is 0 Å². The fourth-order valence-electron chi connectivity index (χ4n) is 0.517. The zero-order valence-corrected chi connectivity index (χ0v) is 4.33. The Kier molecular flexibility index (Phi) is 1.33. The van der Waals surface area contributed by atoms with Gasteiger partial charge in [0.05, 0.1) is 0 Å². The summed E-state index contributed by atoms with van der Waals surface area (Å²) in [5.74, 6) is 0. The number of hydrogen-bond donors (Lipinski definition) is 1. The molecule has 1 saturated carbocycles. The molecule has 0 spiro atoms. The van der Waals surface area contributed by atoms with E-state index in [2.05, 4.69) is 4.84 Å². The molecule has 0 aromatic heterocycles. The maximum atomic E-state index is 5.25. The Morgan fingerprint density at radius 1 is 1.50 bits per heavy atom. The molecular weight excluding hydrogens is 97.5 g/mol. The van der Waals surface area contributed by atoms with Gasteiger partial charge in [-0.05, 0) is 24.6 Å². The van der Waals surface area contributed by atoms with Crippen LogP contribution in [-0.2, 0) is 0 Å². The van der Waals surface area contributed by atoms with Crippen LogP contribution in [0.5, 0.6) is 0 Å². The van der Waals surface area contributed by atoms with Crippen LogP contribution in [0.15, 0.2) is 0 Å². The van der Waals surface area contributed by atoms with E-state index in [1.165, 1.54) is 19.3 Å². The van der Waals surface area contributed by atoms with Crippen molar-refractivity contribution in [1.29, 1.82) is 0 Å². The first-order chi connectivity index (χ1) is 2.93. The van der Waals surface area contributed by atoms with Gasteiger partial charge in [0.1, 0.15) is 0 Å². The van der Waals surface area contributed by atoms with Gasteiger partial charge in [-0.25, -0.2) is 4.84 Å². The van der Waals surface area contributed by atoms with Crippen molar-refractivity contribution in [3.63, 3.8) is 0 Å². The lowest BCUT2D eigenvalue weighted by Crippen LogP contribution is -2.27. The van der Waals surface area contributed by atoms with E-state index in [4.69, 9.17) is 11.8 Å². The van der Waals surface area contributed by atoms with Crippen molar-refractivity contribution >= 4 is 11.8 Å². The predicted octanol–water partition coefficient (Wildman–Crippen LogP) is 1.28. The van der Waals surface area contributed by atoms with Crippen LogP contribution < -0.4 is 4.84 Å². The maximum absolute atomic E-state index is 5.25. The van der Waals surface area contributed by atoms with Gasteiger partial charge in [0.15, 0.2) is 0 Å². The molecule has 0 aromatic rings. The molecule has 1 aliphatic carbocycles. The van der Waals surface area contributed by atoms with E-state index in [0.717, 1.165) is 0 Å². The van der Waals surface area contributed by atoms with Gasteiger partial charge in [0, 0.05) is 6.04 Å². The van der Waals surface area contributed by atoms with E-state index in [-0.39, 0.29) is 0 Å². The molecule has 1 aliphatic rings. The van der Waals surface area contributed by atoms with Gasteiger partial charge in [-0.1, -0.05) is 6.42 Å². The summed E-state index contributed by atoms with van der Waals surface area (Å²) in [6.45, 7) is 0. The highest BCUT2D eigenvalue weighted by Crippen LogP contribution is 2.17. The van der Waals surface area contributed by atoms with Gasteiger partial charge in [0.2, 0.25) is 0 Å². The second-order valence-electron chi connectivity index (χ2n) is 1.74. The molecule has 0 heterocycles. The third-order valence-corrected chi connectivity index (χ3v) is 1.57. The minimum absolute atomic E-state index is 0.631. The molecule has 0 radical (unpaired) electrons. The second-order valence-corrected chi connectivity index (χ2v) is 1.96. The highest BCUT2D eigenvalue weighted by atomic mass is 35.5. The molecule has 0 aliphatic heterocycles. The van der Waals surface area contributed by atoms with Crippen LogP contribution in [0.3, 0.4) is 0 Å². The molecule has 0 saturated heterocycles. The molecule has 1 nitrogen and oxygen atoms in total. The molecule has 36 valence electrons. The number of halogens is 1. The third kappa shape index (κ3) is 0.660. The molecule has 2 heteroatoms. The molecule has 0 unspecified atom stereocenters. The van der Waals surface area contributed by atoms with Crippen molar-refractivity contribution in [3.05, 3.63) is 0 Å².